The van der Waals surface area contributed by atoms with Crippen molar-refractivity contribution in [2.45, 2.75) is 0 Å². The van der Waals surface area contributed by atoms with Gasteiger partial charge in [0.05, 0.1) is 10.3 Å². The monoisotopic (exact) mass is 258 g/mol. The number of benzene rings is 1. The number of halogens is 3. The summed E-state index contributed by atoms with van der Waals surface area (Å²) in [6, 6.07) is 2.22. The van der Waals surface area contributed by atoms with Crippen LogP contribution < -0.4 is 20.0 Å². The molecule has 0 spiro atoms. The maximum absolute atomic E-state index is 10.6. The lowest BCUT2D eigenvalue weighted by atomic mass is 10.4. The first kappa shape index (κ1) is 11.5. The van der Waals surface area contributed by atoms with E-state index in [1.54, 1.807) is 0 Å². The molecule has 0 bridgehead atoms. The largest absolute Gasteiger partial charge is 0.683 e. The quantitative estimate of drug-likeness (QED) is 0.531. The summed E-state index contributed by atoms with van der Waals surface area (Å²) in [4.78, 5) is 31.9. The molecule has 0 unspecified atom stereocenters. The van der Waals surface area contributed by atoms with Crippen molar-refractivity contribution in [1.82, 2.24) is 0 Å². The average molecular weight is 259 g/mol. The fraction of sp³-hybridized carbons (Fsp3) is 0. The second kappa shape index (κ2) is 3.87. The molecule has 0 aliphatic carbocycles. The van der Waals surface area contributed by atoms with Crippen LogP contribution >= 0.6 is 42.7 Å². The molecule has 0 amide bonds. The minimum Gasteiger partial charge on any atom is -0.683 e. The summed E-state index contributed by atoms with van der Waals surface area (Å²) in [5.74, 6) is 0. The molecule has 0 aromatic heterocycles. The highest BCUT2D eigenvalue weighted by Gasteiger charge is 2.13. The molecule has 13 heavy (non-hydrogen) atoms. The van der Waals surface area contributed by atoms with Crippen molar-refractivity contribution in [2.24, 2.45) is 0 Å². The Morgan fingerprint density at radius 1 is 1.00 bits per heavy atom. The molecule has 0 atom stereocenters. The van der Waals surface area contributed by atoms with Crippen molar-refractivity contribution in [2.75, 3.05) is 0 Å². The summed E-state index contributed by atoms with van der Waals surface area (Å²) >= 11 is 16.5. The van der Waals surface area contributed by atoms with E-state index in [-0.39, 0.29) is 15.1 Å². The molecule has 72 valence electrons. The van der Waals surface area contributed by atoms with Gasteiger partial charge in [-0.3, -0.25) is 0 Å². The molecule has 7 heteroatoms. The van der Waals surface area contributed by atoms with E-state index in [0.29, 0.717) is 0 Å². The van der Waals surface area contributed by atoms with Gasteiger partial charge in [0.25, 0.3) is 0 Å². The Hall–Kier alpha value is 0.400. The van der Waals surface area contributed by atoms with E-state index in [4.69, 9.17) is 34.8 Å². The Morgan fingerprint density at radius 2 is 1.54 bits per heavy atom. The van der Waals surface area contributed by atoms with Crippen molar-refractivity contribution in [3.05, 3.63) is 27.2 Å². The normalized spacial score (nSPS) is 11.8. The number of hydrogen-bond acceptors (Lipinski definition) is 3. The molecular weight excluding hydrogens is 257 g/mol. The zero-order chi connectivity index (χ0) is 10.2. The van der Waals surface area contributed by atoms with Gasteiger partial charge >= 0.3 is 0 Å². The van der Waals surface area contributed by atoms with Crippen LogP contribution in [-0.4, -0.2) is 0 Å². The molecule has 1 aromatic carbocycles. The molecule has 1 rings (SSSR count). The minimum atomic E-state index is -4.91. The van der Waals surface area contributed by atoms with Crippen molar-refractivity contribution < 1.29 is 14.7 Å². The summed E-state index contributed by atoms with van der Waals surface area (Å²) in [6.45, 7) is 0. The molecule has 0 aliphatic rings. The topological polar surface area (TPSA) is 69.2 Å². The predicted molar refractivity (Wildman–Crippen MR) is 48.0 cm³/mol. The van der Waals surface area contributed by atoms with E-state index in [1.807, 2.05) is 0 Å². The summed E-state index contributed by atoms with van der Waals surface area (Å²) in [6.07, 6.45) is 0. The Kier molecular flexibility index (Phi) is 3.42. The van der Waals surface area contributed by atoms with E-state index in [9.17, 15) is 14.7 Å². The smallest absolute Gasteiger partial charge is 0.101 e. The van der Waals surface area contributed by atoms with Gasteiger partial charge in [-0.15, -0.1) is 7.94 Å². The van der Waals surface area contributed by atoms with Gasteiger partial charge in [0, 0.05) is 5.02 Å². The van der Waals surface area contributed by atoms with Gasteiger partial charge < -0.3 is 14.7 Å². The first-order valence-electron chi connectivity index (χ1n) is 2.99. The van der Waals surface area contributed by atoms with Gasteiger partial charge in [-0.25, -0.2) is 0 Å². The van der Waals surface area contributed by atoms with Gasteiger partial charge in [-0.1, -0.05) is 34.8 Å². The van der Waals surface area contributed by atoms with Gasteiger partial charge in [0.1, 0.15) is 5.02 Å². The second-order valence-electron chi connectivity index (χ2n) is 2.22. The fourth-order valence-corrected chi connectivity index (χ4v) is 2.45. The molecule has 0 saturated carbocycles. The third-order valence-corrected chi connectivity index (χ3v) is 3.36. The summed E-state index contributed by atoms with van der Waals surface area (Å²) in [5, 5.41) is -0.876. The molecule has 0 aliphatic heterocycles. The fourth-order valence-electron chi connectivity index (χ4n) is 0.742. The van der Waals surface area contributed by atoms with Crippen molar-refractivity contribution in [1.29, 1.82) is 0 Å². The lowest BCUT2D eigenvalue weighted by Crippen LogP contribution is -2.41. The highest BCUT2D eigenvalue weighted by atomic mass is 35.5. The Morgan fingerprint density at radius 3 is 2.00 bits per heavy atom. The molecule has 0 heterocycles. The van der Waals surface area contributed by atoms with Crippen LogP contribution in [0.3, 0.4) is 0 Å². The van der Waals surface area contributed by atoms with Crippen LogP contribution in [-0.2, 0) is 0 Å². The maximum atomic E-state index is 10.6. The predicted octanol–water partition coefficient (Wildman–Crippen LogP) is 0.116. The molecule has 0 N–H and O–H groups in total. The number of rotatable bonds is 1. The summed E-state index contributed by atoms with van der Waals surface area (Å²) in [7, 11) is -4.91. The highest BCUT2D eigenvalue weighted by molar-refractivity contribution is 7.63. The third-order valence-electron chi connectivity index (χ3n) is 1.27. The van der Waals surface area contributed by atoms with Crippen LogP contribution in [0.4, 0.5) is 0 Å². The first-order valence-corrected chi connectivity index (χ1v) is 5.67. The molecule has 0 fully saturated rings. The average Bonchev–Trinajstić information content (AvgIpc) is 1.94. The van der Waals surface area contributed by atoms with Crippen LogP contribution in [0.1, 0.15) is 0 Å². The summed E-state index contributed by atoms with van der Waals surface area (Å²) in [5.41, 5.74) is 0. The van der Waals surface area contributed by atoms with Gasteiger partial charge in [-0.2, -0.15) is 0 Å². The molecule has 3 nitrogen and oxygen atoms in total. The zero-order valence-corrected chi connectivity index (χ0v) is 9.12. The van der Waals surface area contributed by atoms with Crippen molar-refractivity contribution in [3.8, 4) is 0 Å². The third kappa shape index (κ3) is 2.67. The van der Waals surface area contributed by atoms with Crippen LogP contribution in [0.5, 0.6) is 0 Å². The Bertz CT molecular complexity index is 337. The van der Waals surface area contributed by atoms with E-state index >= 15 is 0 Å². The van der Waals surface area contributed by atoms with Crippen molar-refractivity contribution in [3.63, 3.8) is 0 Å². The van der Waals surface area contributed by atoms with Gasteiger partial charge in [0.15, 0.2) is 0 Å². The van der Waals surface area contributed by atoms with Gasteiger partial charge in [-0.05, 0) is 12.1 Å². The first-order chi connectivity index (χ1) is 5.82. The maximum Gasteiger partial charge on any atom is 0.101 e. The van der Waals surface area contributed by atoms with Crippen LogP contribution in [0.15, 0.2) is 12.1 Å². The van der Waals surface area contributed by atoms with Crippen LogP contribution in [0.25, 0.3) is 0 Å². The van der Waals surface area contributed by atoms with Crippen LogP contribution in [0, 0.1) is 0 Å². The Labute approximate surface area is 90.1 Å². The second-order valence-corrected chi connectivity index (χ2v) is 4.92. The minimum absolute atomic E-state index is 0.0522. The van der Waals surface area contributed by atoms with E-state index in [0.717, 1.165) is 6.07 Å². The van der Waals surface area contributed by atoms with E-state index < -0.39 is 13.2 Å². The molecular formula is C6H2Cl3O3P-2. The lowest BCUT2D eigenvalue weighted by Gasteiger charge is -2.42. The molecule has 1 aromatic rings. The highest BCUT2D eigenvalue weighted by Crippen LogP contribution is 2.35. The Balaban J connectivity index is 3.37. The van der Waals surface area contributed by atoms with Crippen LogP contribution in [0.2, 0.25) is 15.1 Å². The SMILES string of the molecule is [O-][P+]([O-])([O-])c1cc(Cl)cc(Cl)c1Cl. The van der Waals surface area contributed by atoms with E-state index in [2.05, 4.69) is 0 Å². The van der Waals surface area contributed by atoms with Crippen molar-refractivity contribution >= 4 is 48.1 Å². The van der Waals surface area contributed by atoms with E-state index in [1.165, 1.54) is 6.07 Å². The molecule has 0 radical (unpaired) electrons. The lowest BCUT2D eigenvalue weighted by molar-refractivity contribution is -0.421. The van der Waals surface area contributed by atoms with Gasteiger partial charge in [0.2, 0.25) is 0 Å². The number of hydrogen-bond donors (Lipinski definition) is 0. The molecule has 0 saturated heterocycles. The zero-order valence-electron chi connectivity index (χ0n) is 5.96. The standard InChI is InChI=1S/C6H4Cl3O3P/c7-3-1-4(8)6(9)5(2-3)13(10,11)12/h1-2H,(H2,10,11,12)/p-2. The summed E-state index contributed by atoms with van der Waals surface area (Å²) < 4.78 is 0.